The van der Waals surface area contributed by atoms with Crippen LogP contribution in [0.3, 0.4) is 0 Å². The van der Waals surface area contributed by atoms with E-state index in [1.165, 1.54) is 25.9 Å². The van der Waals surface area contributed by atoms with Crippen molar-refractivity contribution in [1.29, 1.82) is 0 Å². The van der Waals surface area contributed by atoms with E-state index in [0.29, 0.717) is 11.8 Å². The topological polar surface area (TPSA) is 29.3 Å². The van der Waals surface area contributed by atoms with Crippen LogP contribution in [-0.2, 0) is 0 Å². The van der Waals surface area contributed by atoms with Gasteiger partial charge >= 0.3 is 0 Å². The second kappa shape index (κ2) is 3.71. The highest BCUT2D eigenvalue weighted by molar-refractivity contribution is 5.23. The lowest BCUT2D eigenvalue weighted by Crippen LogP contribution is -2.25. The van der Waals surface area contributed by atoms with E-state index in [1.54, 1.807) is 12.3 Å². The van der Waals surface area contributed by atoms with Gasteiger partial charge in [0.05, 0.1) is 6.20 Å². The van der Waals surface area contributed by atoms with Crippen LogP contribution in [0.4, 0.5) is 0 Å². The fraction of sp³-hybridized carbons (Fsp3) is 0.583. The van der Waals surface area contributed by atoms with Crippen molar-refractivity contribution in [2.75, 3.05) is 13.1 Å². The van der Waals surface area contributed by atoms with E-state index < -0.39 is 0 Å². The fourth-order valence-electron chi connectivity index (χ4n) is 2.75. The molecule has 2 bridgehead atoms. The minimum atomic E-state index is 0.676. The van der Waals surface area contributed by atoms with E-state index >= 15 is 0 Å². The lowest BCUT2D eigenvalue weighted by atomic mass is 9.98. The maximum Gasteiger partial charge on any atom is 0.209 e. The van der Waals surface area contributed by atoms with Gasteiger partial charge < -0.3 is 4.52 Å². The Labute approximate surface area is 89.4 Å². The maximum atomic E-state index is 4.93. The normalized spacial score (nSPS) is 32.7. The Morgan fingerprint density at radius 2 is 2.33 bits per heavy atom. The molecule has 3 nitrogen and oxygen atoms in total. The largest absolute Gasteiger partial charge is 0.348 e. The predicted molar refractivity (Wildman–Crippen MR) is 56.1 cm³/mol. The van der Waals surface area contributed by atoms with E-state index in [2.05, 4.69) is 21.9 Å². The Morgan fingerprint density at radius 1 is 1.47 bits per heavy atom. The molecule has 0 aromatic carbocycles. The smallest absolute Gasteiger partial charge is 0.209 e. The Kier molecular flexibility index (Phi) is 2.22. The van der Waals surface area contributed by atoms with Gasteiger partial charge in [0.15, 0.2) is 0 Å². The average Bonchev–Trinajstić information content (AvgIpc) is 2.96. The predicted octanol–water partition coefficient (Wildman–Crippen LogP) is 1.51. The molecule has 1 atom stereocenters. The number of aromatic nitrogens is 1. The first-order chi connectivity index (χ1) is 7.43. The third-order valence-electron chi connectivity index (χ3n) is 3.55. The number of nitrogens with zero attached hydrogens (tertiary/aromatic N) is 2. The number of hydrogen-bond acceptors (Lipinski definition) is 3. The molecule has 3 heterocycles. The molecular weight excluding hydrogens is 188 g/mol. The standard InChI is InChI=1S/C12H14N2O/c1(2-11-4-7-13-15-11)3-12-10-5-8-14(12)9-6-10/h4,7,10,12H,3,5-6,8-9H2. The van der Waals surface area contributed by atoms with Crippen LogP contribution in [0.1, 0.15) is 25.0 Å². The highest BCUT2D eigenvalue weighted by Crippen LogP contribution is 2.35. The van der Waals surface area contributed by atoms with Crippen molar-refractivity contribution in [3.63, 3.8) is 0 Å². The molecule has 0 aliphatic carbocycles. The maximum absolute atomic E-state index is 4.93. The van der Waals surface area contributed by atoms with E-state index in [4.69, 9.17) is 4.52 Å². The van der Waals surface area contributed by atoms with Crippen LogP contribution in [0.15, 0.2) is 16.8 Å². The molecule has 0 amide bonds. The number of rotatable bonds is 1. The van der Waals surface area contributed by atoms with Gasteiger partial charge in [0.2, 0.25) is 5.76 Å². The van der Waals surface area contributed by atoms with Gasteiger partial charge in [0, 0.05) is 18.5 Å². The molecule has 0 saturated carbocycles. The number of piperidine rings is 1. The summed E-state index contributed by atoms with van der Waals surface area (Å²) in [6.07, 6.45) is 5.35. The molecule has 0 radical (unpaired) electrons. The number of hydrogen-bond donors (Lipinski definition) is 0. The molecule has 3 heteroatoms. The van der Waals surface area contributed by atoms with Crippen molar-refractivity contribution < 1.29 is 4.52 Å². The first kappa shape index (κ1) is 8.99. The third-order valence-corrected chi connectivity index (χ3v) is 3.55. The average molecular weight is 202 g/mol. The lowest BCUT2D eigenvalue weighted by molar-refractivity contribution is 0.303. The summed E-state index contributed by atoms with van der Waals surface area (Å²) >= 11 is 0. The molecule has 2 fully saturated rings. The molecule has 78 valence electrons. The molecule has 1 aromatic heterocycles. The zero-order chi connectivity index (χ0) is 10.1. The van der Waals surface area contributed by atoms with Crippen LogP contribution in [0.5, 0.6) is 0 Å². The summed E-state index contributed by atoms with van der Waals surface area (Å²) in [5.74, 6) is 7.79. The summed E-state index contributed by atoms with van der Waals surface area (Å²) in [5, 5.41) is 3.63. The van der Waals surface area contributed by atoms with Gasteiger partial charge in [-0.15, -0.1) is 0 Å². The molecule has 0 N–H and O–H groups in total. The van der Waals surface area contributed by atoms with Crippen LogP contribution in [0.2, 0.25) is 0 Å². The van der Waals surface area contributed by atoms with E-state index in [9.17, 15) is 0 Å². The lowest BCUT2D eigenvalue weighted by Gasteiger charge is -2.15. The Morgan fingerprint density at radius 3 is 2.93 bits per heavy atom. The fourth-order valence-corrected chi connectivity index (χ4v) is 2.75. The minimum Gasteiger partial charge on any atom is -0.348 e. The second-order valence-electron chi connectivity index (χ2n) is 4.32. The van der Waals surface area contributed by atoms with E-state index in [1.807, 2.05) is 0 Å². The van der Waals surface area contributed by atoms with Crippen molar-refractivity contribution in [1.82, 2.24) is 10.1 Å². The Hall–Kier alpha value is -1.27. The van der Waals surface area contributed by atoms with E-state index in [-0.39, 0.29) is 0 Å². The Balaban J connectivity index is 1.62. The summed E-state index contributed by atoms with van der Waals surface area (Å²) in [7, 11) is 0. The van der Waals surface area contributed by atoms with Gasteiger partial charge in [-0.25, -0.2) is 0 Å². The molecule has 15 heavy (non-hydrogen) atoms. The zero-order valence-electron chi connectivity index (χ0n) is 8.65. The van der Waals surface area contributed by atoms with Gasteiger partial charge in [-0.1, -0.05) is 11.1 Å². The first-order valence-corrected chi connectivity index (χ1v) is 5.57. The van der Waals surface area contributed by atoms with Crippen molar-refractivity contribution in [3.8, 4) is 11.8 Å². The van der Waals surface area contributed by atoms with Crippen molar-refractivity contribution >= 4 is 0 Å². The highest BCUT2D eigenvalue weighted by atomic mass is 16.5. The van der Waals surface area contributed by atoms with Crippen LogP contribution < -0.4 is 0 Å². The second-order valence-corrected chi connectivity index (χ2v) is 4.32. The van der Waals surface area contributed by atoms with Crippen LogP contribution in [0, 0.1) is 17.8 Å². The molecule has 2 saturated heterocycles. The first-order valence-electron chi connectivity index (χ1n) is 5.57. The summed E-state index contributed by atoms with van der Waals surface area (Å²) in [6.45, 7) is 2.55. The van der Waals surface area contributed by atoms with Gasteiger partial charge in [-0.05, 0) is 37.8 Å². The molecule has 0 spiro atoms. The molecule has 3 rings (SSSR count). The van der Waals surface area contributed by atoms with Crippen molar-refractivity contribution in [2.24, 2.45) is 5.92 Å². The van der Waals surface area contributed by atoms with Gasteiger partial charge in [-0.3, -0.25) is 4.90 Å². The quantitative estimate of drug-likeness (QED) is 0.646. The summed E-state index contributed by atoms with van der Waals surface area (Å²) < 4.78 is 4.93. The molecule has 1 unspecified atom stereocenters. The van der Waals surface area contributed by atoms with Gasteiger partial charge in [0.25, 0.3) is 0 Å². The molecule has 2 aliphatic rings. The number of fused-ring (bicyclic) bond motifs is 2. The van der Waals surface area contributed by atoms with E-state index in [0.717, 1.165) is 12.3 Å². The van der Waals surface area contributed by atoms with Crippen LogP contribution in [-0.4, -0.2) is 29.2 Å². The van der Waals surface area contributed by atoms with Gasteiger partial charge in [-0.2, -0.15) is 0 Å². The third kappa shape index (κ3) is 1.66. The SMILES string of the molecule is C(#Cc1ccno1)CC1C2CCN1CC2. The van der Waals surface area contributed by atoms with Crippen molar-refractivity contribution in [3.05, 3.63) is 18.0 Å². The molecule has 2 aliphatic heterocycles. The van der Waals surface area contributed by atoms with Crippen LogP contribution >= 0.6 is 0 Å². The van der Waals surface area contributed by atoms with Crippen LogP contribution in [0.25, 0.3) is 0 Å². The van der Waals surface area contributed by atoms with Crippen molar-refractivity contribution in [2.45, 2.75) is 25.3 Å². The zero-order valence-corrected chi connectivity index (χ0v) is 8.65. The molecular formula is C12H14N2O. The molecule has 1 aromatic rings. The summed E-state index contributed by atoms with van der Waals surface area (Å²) in [6, 6.07) is 2.51. The Bertz CT molecular complexity index is 367. The highest BCUT2D eigenvalue weighted by Gasteiger charge is 2.38. The summed E-state index contributed by atoms with van der Waals surface area (Å²) in [4.78, 5) is 2.57. The minimum absolute atomic E-state index is 0.676. The summed E-state index contributed by atoms with van der Waals surface area (Å²) in [5.41, 5.74) is 0. The monoisotopic (exact) mass is 202 g/mol. The van der Waals surface area contributed by atoms with Gasteiger partial charge in [0.1, 0.15) is 0 Å².